The first-order chi connectivity index (χ1) is 15.2. The Balaban J connectivity index is 0.00000132. The second kappa shape index (κ2) is 11.3. The smallest absolute Gasteiger partial charge is 0.188 e. The van der Waals surface area contributed by atoms with Gasteiger partial charge in [0.1, 0.15) is 0 Å². The third-order valence-corrected chi connectivity index (χ3v) is 5.49. The molecule has 162 valence electrons. The van der Waals surface area contributed by atoms with Gasteiger partial charge in [0, 0.05) is 36.6 Å². The molecule has 1 aliphatic heterocycles. The van der Waals surface area contributed by atoms with Crippen molar-refractivity contribution < 1.29 is 4.74 Å². The van der Waals surface area contributed by atoms with Crippen LogP contribution in [0, 0.1) is 6.92 Å². The fourth-order valence-corrected chi connectivity index (χ4v) is 3.76. The minimum atomic E-state index is 0.651. The van der Waals surface area contributed by atoms with Gasteiger partial charge in [-0.05, 0) is 42.4 Å². The van der Waals surface area contributed by atoms with E-state index in [1.165, 1.54) is 11.7 Å². The summed E-state index contributed by atoms with van der Waals surface area (Å²) in [4.78, 5) is 2.28. The van der Waals surface area contributed by atoms with E-state index >= 15 is 0 Å². The fraction of sp³-hybridized carbons (Fsp3) is 0.333. The molecule has 1 aromatic heterocycles. The van der Waals surface area contributed by atoms with Crippen LogP contribution < -0.4 is 10.6 Å². The van der Waals surface area contributed by atoms with Crippen molar-refractivity contribution in [3.8, 4) is 0 Å². The van der Waals surface area contributed by atoms with E-state index in [1.54, 1.807) is 0 Å². The number of allylic oxidation sites excluding steroid dienone is 2. The number of rotatable bonds is 7. The molecule has 0 saturated carbocycles. The van der Waals surface area contributed by atoms with E-state index in [0.717, 1.165) is 66.0 Å². The molecule has 1 aromatic carbocycles. The molecule has 0 bridgehead atoms. The van der Waals surface area contributed by atoms with Crippen LogP contribution in [-0.4, -0.2) is 46.5 Å². The number of hydrogen-bond donors (Lipinski definition) is 2. The average Bonchev–Trinajstić information content (AvgIpc) is 3.28. The van der Waals surface area contributed by atoms with Crippen LogP contribution in [0.4, 0.5) is 17.3 Å². The van der Waals surface area contributed by atoms with E-state index in [-0.39, 0.29) is 0 Å². The number of nitrogens with zero attached hydrogens (tertiary/aromatic N) is 3. The molecular weight excluding hydrogens is 406 g/mol. The summed E-state index contributed by atoms with van der Waals surface area (Å²) < 4.78 is 14.3. The Bertz CT molecular complexity index is 1040. The second-order valence-corrected chi connectivity index (χ2v) is 7.33. The van der Waals surface area contributed by atoms with Gasteiger partial charge in [0.2, 0.25) is 0 Å². The Hall–Kier alpha value is -3.08. The van der Waals surface area contributed by atoms with E-state index in [2.05, 4.69) is 61.4 Å². The zero-order valence-corrected chi connectivity index (χ0v) is 19.2. The van der Waals surface area contributed by atoms with Crippen molar-refractivity contribution in [2.24, 2.45) is 0 Å². The van der Waals surface area contributed by atoms with Crippen LogP contribution in [0.3, 0.4) is 0 Å². The molecule has 0 spiro atoms. The molecule has 0 radical (unpaired) electrons. The lowest BCUT2D eigenvalue weighted by molar-refractivity contribution is 0.0640. The molecule has 31 heavy (non-hydrogen) atoms. The summed E-state index contributed by atoms with van der Waals surface area (Å²) >= 11 is 1.18. The Morgan fingerprint density at radius 2 is 1.97 bits per heavy atom. The number of hydrogen-bond acceptors (Lipinski definition) is 7. The Morgan fingerprint density at radius 1 is 1.19 bits per heavy atom. The lowest BCUT2D eigenvalue weighted by Crippen LogP contribution is -2.34. The van der Waals surface area contributed by atoms with Crippen LogP contribution in [0.15, 0.2) is 60.0 Å². The van der Waals surface area contributed by atoms with Crippen molar-refractivity contribution in [1.82, 2.24) is 13.6 Å². The summed E-state index contributed by atoms with van der Waals surface area (Å²) in [5, 5.41) is 6.77. The molecule has 7 heteroatoms. The van der Waals surface area contributed by atoms with E-state index in [1.807, 2.05) is 38.1 Å². The van der Waals surface area contributed by atoms with Gasteiger partial charge in [-0.2, -0.15) is 8.75 Å². The van der Waals surface area contributed by atoms with Gasteiger partial charge < -0.3 is 20.3 Å². The first kappa shape index (κ1) is 22.6. The van der Waals surface area contributed by atoms with Gasteiger partial charge in [-0.15, -0.1) is 0 Å². The van der Waals surface area contributed by atoms with E-state index in [4.69, 9.17) is 4.74 Å². The highest BCUT2D eigenvalue weighted by molar-refractivity contribution is 6.99. The summed E-state index contributed by atoms with van der Waals surface area (Å²) in [5.74, 6) is 1.46. The highest BCUT2D eigenvalue weighted by Gasteiger charge is 2.17. The van der Waals surface area contributed by atoms with Crippen LogP contribution in [0.2, 0.25) is 0 Å². The highest BCUT2D eigenvalue weighted by atomic mass is 32.1. The molecule has 1 aliphatic carbocycles. The van der Waals surface area contributed by atoms with E-state index in [0.29, 0.717) is 6.54 Å². The monoisotopic (exact) mass is 435 g/mol. The molecule has 2 N–H and O–H groups in total. The van der Waals surface area contributed by atoms with Gasteiger partial charge in [0.25, 0.3) is 0 Å². The second-order valence-electron chi connectivity index (χ2n) is 6.81. The lowest BCUT2D eigenvalue weighted by Gasteiger charge is -2.31. The number of nitrogens with one attached hydrogen (secondary N) is 2. The van der Waals surface area contributed by atoms with Crippen LogP contribution in [-0.2, 0) is 4.74 Å². The van der Waals surface area contributed by atoms with Gasteiger partial charge >= 0.3 is 0 Å². The number of aromatic nitrogens is 2. The normalized spacial score (nSPS) is 14.5. The molecule has 1 fully saturated rings. The summed E-state index contributed by atoms with van der Waals surface area (Å²) in [7, 11) is 0. The number of ether oxygens (including phenoxy) is 1. The van der Waals surface area contributed by atoms with Crippen molar-refractivity contribution in [2.45, 2.75) is 20.8 Å². The molecule has 0 amide bonds. The standard InChI is InChI=1S/C22H23N5OS.C2H6/c1-16-19(17(2)27-11-13-28-14-12-27)9-6-10-20(16)24-22-21(25-29-26-22)23-15-18-7-4-3-5-8-18;1-2/h4,6-10H,2,11-15H2,1H3,(H,23,25)(H,24,26);1-2H3. The van der Waals surface area contributed by atoms with E-state index in [9.17, 15) is 0 Å². The predicted octanol–water partition coefficient (Wildman–Crippen LogP) is 5.14. The SMILES string of the molecule is C=C(c1cccc(Nc2nsnc2NCC2=CC=C=C=C2)c1C)N1CCOCC1.CC. The zero-order valence-electron chi connectivity index (χ0n) is 18.4. The summed E-state index contributed by atoms with van der Waals surface area (Å²) in [6.07, 6.45) is 5.76. The van der Waals surface area contributed by atoms with Gasteiger partial charge in [-0.1, -0.05) is 44.0 Å². The predicted molar refractivity (Wildman–Crippen MR) is 130 cm³/mol. The summed E-state index contributed by atoms with van der Waals surface area (Å²) in [6, 6.07) is 6.20. The minimum Gasteiger partial charge on any atom is -0.378 e. The van der Waals surface area contributed by atoms with Gasteiger partial charge in [0.05, 0.1) is 24.9 Å². The largest absolute Gasteiger partial charge is 0.378 e. The lowest BCUT2D eigenvalue weighted by atomic mass is 10.0. The third kappa shape index (κ3) is 5.75. The van der Waals surface area contributed by atoms with Gasteiger partial charge in [-0.3, -0.25) is 0 Å². The molecule has 0 unspecified atom stereocenters. The first-order valence-corrected chi connectivity index (χ1v) is 11.3. The molecule has 4 rings (SSSR count). The molecule has 2 aromatic rings. The topological polar surface area (TPSA) is 62.3 Å². The maximum Gasteiger partial charge on any atom is 0.188 e. The maximum absolute atomic E-state index is 5.46. The van der Waals surface area contributed by atoms with Gasteiger partial charge in [0.15, 0.2) is 11.6 Å². The quantitative estimate of drug-likeness (QED) is 0.588. The Labute approximate surface area is 188 Å². The molecule has 6 nitrogen and oxygen atoms in total. The summed E-state index contributed by atoms with van der Waals surface area (Å²) in [6.45, 7) is 14.3. The van der Waals surface area contributed by atoms with Crippen LogP contribution >= 0.6 is 11.7 Å². The Kier molecular flexibility index (Phi) is 8.27. The molecular formula is C24H29N5OS. The molecule has 0 atom stereocenters. The average molecular weight is 436 g/mol. The van der Waals surface area contributed by atoms with E-state index < -0.39 is 0 Å². The van der Waals surface area contributed by atoms with Crippen molar-refractivity contribution in [3.63, 3.8) is 0 Å². The number of benzene rings is 1. The first-order valence-electron chi connectivity index (χ1n) is 10.5. The van der Waals surface area contributed by atoms with Gasteiger partial charge in [-0.25, -0.2) is 0 Å². The van der Waals surface area contributed by atoms with Crippen molar-refractivity contribution in [2.75, 3.05) is 43.5 Å². The number of anilines is 3. The van der Waals surface area contributed by atoms with Crippen molar-refractivity contribution >= 4 is 34.7 Å². The Morgan fingerprint density at radius 3 is 2.71 bits per heavy atom. The van der Waals surface area contributed by atoms with Crippen LogP contribution in [0.25, 0.3) is 5.70 Å². The third-order valence-electron chi connectivity index (χ3n) is 4.96. The highest BCUT2D eigenvalue weighted by Crippen LogP contribution is 2.30. The molecule has 2 heterocycles. The van der Waals surface area contributed by atoms with Crippen molar-refractivity contribution in [3.05, 3.63) is 71.2 Å². The molecule has 2 aliphatic rings. The number of morpholine rings is 1. The molecule has 1 saturated heterocycles. The minimum absolute atomic E-state index is 0.651. The van der Waals surface area contributed by atoms with Crippen LogP contribution in [0.5, 0.6) is 0 Å². The van der Waals surface area contributed by atoms with Crippen LogP contribution in [0.1, 0.15) is 25.0 Å². The summed E-state index contributed by atoms with van der Waals surface area (Å²) in [5.41, 5.74) is 11.3. The maximum atomic E-state index is 5.46. The van der Waals surface area contributed by atoms with Crippen molar-refractivity contribution in [1.29, 1.82) is 0 Å². The zero-order chi connectivity index (χ0) is 22.1. The fourth-order valence-electron chi connectivity index (χ4n) is 3.28.